The molecule has 6 heteroatoms. The van der Waals surface area contributed by atoms with Crippen molar-refractivity contribution < 1.29 is 4.79 Å². The maximum absolute atomic E-state index is 12.4. The van der Waals surface area contributed by atoms with E-state index in [2.05, 4.69) is 27.2 Å². The fourth-order valence-electron chi connectivity index (χ4n) is 3.87. The smallest absolute Gasteiger partial charge is 0.251 e. The Morgan fingerprint density at radius 2 is 1.96 bits per heavy atom. The summed E-state index contributed by atoms with van der Waals surface area (Å²) in [5.74, 6) is 0.444. The Hall–Kier alpha value is -2.99. The molecule has 0 unspecified atom stereocenters. The second-order valence-corrected chi connectivity index (χ2v) is 7.39. The molecule has 0 aliphatic carbocycles. The van der Waals surface area contributed by atoms with Gasteiger partial charge in [0.2, 0.25) is 0 Å². The SMILES string of the molecule is CN1CCC[C@H]1CCNC(=O)c1ccc(-c2ccc3ncnc(N)c3c2)cc1. The lowest BCUT2D eigenvalue weighted by atomic mass is 10.0. The van der Waals surface area contributed by atoms with Crippen LogP contribution in [0.4, 0.5) is 5.82 Å². The van der Waals surface area contributed by atoms with Gasteiger partial charge in [0.1, 0.15) is 12.1 Å². The lowest BCUT2D eigenvalue weighted by molar-refractivity contribution is 0.0950. The Labute approximate surface area is 164 Å². The molecule has 1 fully saturated rings. The van der Waals surface area contributed by atoms with Gasteiger partial charge in [-0.15, -0.1) is 0 Å². The van der Waals surface area contributed by atoms with Crippen molar-refractivity contribution in [3.8, 4) is 11.1 Å². The maximum atomic E-state index is 12.4. The van der Waals surface area contributed by atoms with E-state index in [-0.39, 0.29) is 5.91 Å². The molecule has 0 saturated carbocycles. The molecule has 28 heavy (non-hydrogen) atoms. The number of hydrogen-bond acceptors (Lipinski definition) is 5. The summed E-state index contributed by atoms with van der Waals surface area (Å²) in [6.07, 6.45) is 4.95. The first-order valence-corrected chi connectivity index (χ1v) is 9.71. The van der Waals surface area contributed by atoms with E-state index < -0.39 is 0 Å². The number of hydrogen-bond donors (Lipinski definition) is 2. The van der Waals surface area contributed by atoms with Crippen molar-refractivity contribution in [1.29, 1.82) is 0 Å². The van der Waals surface area contributed by atoms with Crippen LogP contribution in [0, 0.1) is 0 Å². The molecule has 0 bridgehead atoms. The first kappa shape index (κ1) is 18.4. The highest BCUT2D eigenvalue weighted by molar-refractivity contribution is 5.95. The number of nitrogens with two attached hydrogens (primary N) is 1. The molecule has 1 aliphatic heterocycles. The Kier molecular flexibility index (Phi) is 5.21. The van der Waals surface area contributed by atoms with Crippen LogP contribution in [0.2, 0.25) is 0 Å². The number of benzene rings is 2. The van der Waals surface area contributed by atoms with Gasteiger partial charge in [-0.25, -0.2) is 9.97 Å². The Bertz CT molecular complexity index is 986. The molecule has 1 saturated heterocycles. The van der Waals surface area contributed by atoms with Gasteiger partial charge in [0.05, 0.1) is 5.52 Å². The summed E-state index contributed by atoms with van der Waals surface area (Å²) < 4.78 is 0. The highest BCUT2D eigenvalue weighted by atomic mass is 16.1. The largest absolute Gasteiger partial charge is 0.383 e. The van der Waals surface area contributed by atoms with E-state index in [1.54, 1.807) is 0 Å². The molecular weight excluding hydrogens is 350 g/mol. The first-order valence-electron chi connectivity index (χ1n) is 9.71. The lowest BCUT2D eigenvalue weighted by Crippen LogP contribution is -2.31. The van der Waals surface area contributed by atoms with Crippen LogP contribution in [0.15, 0.2) is 48.8 Å². The standard InChI is InChI=1S/C22H25N5O/c1-27-12-2-3-18(27)10-11-24-22(28)16-6-4-15(5-7-16)17-8-9-20-19(13-17)21(23)26-14-25-20/h4-9,13-14,18H,2-3,10-12H2,1H3,(H,24,28)(H2,23,25,26)/t18-/m0/s1. The summed E-state index contributed by atoms with van der Waals surface area (Å²) in [7, 11) is 2.16. The van der Waals surface area contributed by atoms with Crippen LogP contribution in [0.25, 0.3) is 22.0 Å². The van der Waals surface area contributed by atoms with E-state index in [0.29, 0.717) is 24.0 Å². The molecule has 4 rings (SSSR count). The highest BCUT2D eigenvalue weighted by Crippen LogP contribution is 2.26. The minimum absolute atomic E-state index is 0.0247. The molecule has 0 spiro atoms. The molecule has 3 N–H and O–H groups in total. The van der Waals surface area contributed by atoms with Crippen LogP contribution in [0.3, 0.4) is 0 Å². The number of nitrogen functional groups attached to an aromatic ring is 1. The zero-order valence-corrected chi connectivity index (χ0v) is 16.1. The van der Waals surface area contributed by atoms with Gasteiger partial charge < -0.3 is 16.0 Å². The molecule has 6 nitrogen and oxygen atoms in total. The Balaban J connectivity index is 1.42. The van der Waals surface area contributed by atoms with Crippen LogP contribution in [-0.2, 0) is 0 Å². The summed E-state index contributed by atoms with van der Waals surface area (Å²) in [6, 6.07) is 14.2. The highest BCUT2D eigenvalue weighted by Gasteiger charge is 2.20. The summed E-state index contributed by atoms with van der Waals surface area (Å²) >= 11 is 0. The van der Waals surface area contributed by atoms with Gasteiger partial charge >= 0.3 is 0 Å². The molecule has 0 radical (unpaired) electrons. The number of nitrogens with one attached hydrogen (secondary N) is 1. The number of aromatic nitrogens is 2. The van der Waals surface area contributed by atoms with Gasteiger partial charge in [0.15, 0.2) is 0 Å². The normalized spacial score (nSPS) is 17.1. The Morgan fingerprint density at radius 1 is 1.18 bits per heavy atom. The number of anilines is 1. The third-order valence-electron chi connectivity index (χ3n) is 5.58. The van der Waals surface area contributed by atoms with Crippen LogP contribution in [0.1, 0.15) is 29.6 Å². The van der Waals surface area contributed by atoms with Gasteiger partial charge in [-0.2, -0.15) is 0 Å². The fourth-order valence-corrected chi connectivity index (χ4v) is 3.87. The number of fused-ring (bicyclic) bond motifs is 1. The predicted octanol–water partition coefficient (Wildman–Crippen LogP) is 3.09. The van der Waals surface area contributed by atoms with E-state index >= 15 is 0 Å². The molecule has 2 aromatic carbocycles. The summed E-state index contributed by atoms with van der Waals surface area (Å²) in [5, 5.41) is 3.87. The van der Waals surface area contributed by atoms with Gasteiger partial charge in [-0.05, 0) is 68.2 Å². The molecule has 144 valence electrons. The van der Waals surface area contributed by atoms with Crippen LogP contribution in [-0.4, -0.2) is 47.0 Å². The molecule has 3 aromatic rings. The monoisotopic (exact) mass is 375 g/mol. The van der Waals surface area contributed by atoms with E-state index in [9.17, 15) is 4.79 Å². The first-order chi connectivity index (χ1) is 13.6. The van der Waals surface area contributed by atoms with Gasteiger partial charge in [-0.1, -0.05) is 18.2 Å². The minimum Gasteiger partial charge on any atom is -0.383 e. The van der Waals surface area contributed by atoms with Gasteiger partial charge in [-0.3, -0.25) is 4.79 Å². The van der Waals surface area contributed by atoms with Gasteiger partial charge in [0, 0.05) is 23.5 Å². The zero-order chi connectivity index (χ0) is 19.5. The number of likely N-dealkylation sites (tertiary alicyclic amines) is 1. The molecular formula is C22H25N5O. The third-order valence-corrected chi connectivity index (χ3v) is 5.58. The van der Waals surface area contributed by atoms with Crippen molar-refractivity contribution in [2.24, 2.45) is 0 Å². The topological polar surface area (TPSA) is 84.1 Å². The van der Waals surface area contributed by atoms with Crippen molar-refractivity contribution in [2.75, 3.05) is 25.9 Å². The fraction of sp³-hybridized carbons (Fsp3) is 0.318. The second kappa shape index (κ2) is 7.94. The summed E-state index contributed by atoms with van der Waals surface area (Å²) in [4.78, 5) is 23.1. The molecule has 1 amide bonds. The van der Waals surface area contributed by atoms with Gasteiger partial charge in [0.25, 0.3) is 5.91 Å². The van der Waals surface area contributed by atoms with E-state index in [1.807, 2.05) is 42.5 Å². The number of amides is 1. The average molecular weight is 375 g/mol. The quantitative estimate of drug-likeness (QED) is 0.716. The second-order valence-electron chi connectivity index (χ2n) is 7.39. The predicted molar refractivity (Wildman–Crippen MR) is 112 cm³/mol. The van der Waals surface area contributed by atoms with Crippen molar-refractivity contribution in [2.45, 2.75) is 25.3 Å². The van der Waals surface area contributed by atoms with Crippen LogP contribution < -0.4 is 11.1 Å². The van der Waals surface area contributed by atoms with Crippen molar-refractivity contribution in [3.63, 3.8) is 0 Å². The minimum atomic E-state index is -0.0247. The molecule has 1 aliphatic rings. The summed E-state index contributed by atoms with van der Waals surface area (Å²) in [5.41, 5.74) is 9.49. The maximum Gasteiger partial charge on any atom is 0.251 e. The molecule has 2 heterocycles. The van der Waals surface area contributed by atoms with Crippen LogP contribution >= 0.6 is 0 Å². The third kappa shape index (κ3) is 3.82. The van der Waals surface area contributed by atoms with Crippen molar-refractivity contribution in [1.82, 2.24) is 20.2 Å². The van der Waals surface area contributed by atoms with Crippen LogP contribution in [0.5, 0.6) is 0 Å². The van der Waals surface area contributed by atoms with Crippen molar-refractivity contribution in [3.05, 3.63) is 54.4 Å². The van der Waals surface area contributed by atoms with E-state index in [4.69, 9.17) is 5.73 Å². The lowest BCUT2D eigenvalue weighted by Gasteiger charge is -2.19. The van der Waals surface area contributed by atoms with E-state index in [0.717, 1.165) is 35.0 Å². The average Bonchev–Trinajstić information content (AvgIpc) is 3.13. The van der Waals surface area contributed by atoms with E-state index in [1.165, 1.54) is 19.2 Å². The van der Waals surface area contributed by atoms with Crippen molar-refractivity contribution >= 4 is 22.6 Å². The Morgan fingerprint density at radius 3 is 2.71 bits per heavy atom. The number of rotatable bonds is 5. The number of carbonyl (C=O) groups excluding carboxylic acids is 1. The molecule has 1 atom stereocenters. The molecule has 1 aromatic heterocycles. The number of nitrogens with zero attached hydrogens (tertiary/aromatic N) is 3. The summed E-state index contributed by atoms with van der Waals surface area (Å²) in [6.45, 7) is 1.87. The number of carbonyl (C=O) groups is 1. The zero-order valence-electron chi connectivity index (χ0n) is 16.1.